The molecule has 0 bridgehead atoms. The fourth-order valence-corrected chi connectivity index (χ4v) is 2.60. The molecule has 0 fully saturated rings. The Morgan fingerprint density at radius 3 is 2.48 bits per heavy atom. The van der Waals surface area contributed by atoms with Crippen molar-refractivity contribution in [3.8, 4) is 5.75 Å². The van der Waals surface area contributed by atoms with Gasteiger partial charge in [0.1, 0.15) is 11.6 Å². The van der Waals surface area contributed by atoms with Gasteiger partial charge in [-0.15, -0.1) is 0 Å². The maximum Gasteiger partial charge on any atom is 0.133 e. The van der Waals surface area contributed by atoms with Gasteiger partial charge in [0.25, 0.3) is 0 Å². The number of rotatable bonds is 6. The molecule has 0 saturated heterocycles. The predicted octanol–water partition coefficient (Wildman–Crippen LogP) is 4.06. The van der Waals surface area contributed by atoms with Gasteiger partial charge in [-0.05, 0) is 43.9 Å². The molecule has 0 radical (unpaired) electrons. The van der Waals surface area contributed by atoms with Crippen LogP contribution in [0.25, 0.3) is 0 Å². The number of aliphatic hydroxyl groups is 1. The van der Waals surface area contributed by atoms with Gasteiger partial charge in [0.2, 0.25) is 0 Å². The molecule has 21 heavy (non-hydrogen) atoms. The van der Waals surface area contributed by atoms with Gasteiger partial charge >= 0.3 is 0 Å². The van der Waals surface area contributed by atoms with E-state index in [1.165, 1.54) is 18.7 Å². The zero-order chi connectivity index (χ0) is 15.3. The largest absolute Gasteiger partial charge is 0.496 e. The first-order chi connectivity index (χ1) is 10.0. The minimum atomic E-state index is -1.24. The van der Waals surface area contributed by atoms with Crippen molar-refractivity contribution in [1.29, 1.82) is 0 Å². The van der Waals surface area contributed by atoms with Crippen LogP contribution in [-0.2, 0) is 12.0 Å². The quantitative estimate of drug-likeness (QED) is 0.868. The maximum atomic E-state index is 14.0. The Morgan fingerprint density at radius 1 is 1.10 bits per heavy atom. The zero-order valence-corrected chi connectivity index (χ0v) is 12.5. The van der Waals surface area contributed by atoms with E-state index in [0.717, 1.165) is 12.8 Å². The summed E-state index contributed by atoms with van der Waals surface area (Å²) in [4.78, 5) is 0. The molecule has 2 aromatic carbocycles. The van der Waals surface area contributed by atoms with E-state index >= 15 is 0 Å². The third-order valence-corrected chi connectivity index (χ3v) is 3.71. The summed E-state index contributed by atoms with van der Waals surface area (Å²) in [5, 5.41) is 10.6. The molecule has 3 heteroatoms. The molecular weight excluding hydrogens is 267 g/mol. The fraction of sp³-hybridized carbons (Fsp3) is 0.333. The smallest absolute Gasteiger partial charge is 0.133 e. The maximum absolute atomic E-state index is 14.0. The minimum Gasteiger partial charge on any atom is -0.496 e. The van der Waals surface area contributed by atoms with Gasteiger partial charge in [0.05, 0.1) is 18.3 Å². The topological polar surface area (TPSA) is 29.5 Å². The Labute approximate surface area is 125 Å². The van der Waals surface area contributed by atoms with Crippen molar-refractivity contribution in [1.82, 2.24) is 0 Å². The van der Waals surface area contributed by atoms with E-state index < -0.39 is 11.4 Å². The summed E-state index contributed by atoms with van der Waals surface area (Å²) < 4.78 is 19.2. The molecule has 0 aliphatic heterocycles. The molecule has 0 aliphatic rings. The molecule has 0 heterocycles. The van der Waals surface area contributed by atoms with E-state index in [9.17, 15) is 9.50 Å². The summed E-state index contributed by atoms with van der Waals surface area (Å²) in [6, 6.07) is 14.7. The van der Waals surface area contributed by atoms with Crippen LogP contribution in [0.5, 0.6) is 5.75 Å². The highest BCUT2D eigenvalue weighted by Gasteiger charge is 2.29. The standard InChI is InChI=1S/C18H21FO2/c1-18(20,13-7-10-14-8-4-3-5-9-14)17-15(19)11-6-12-16(17)21-2/h3-6,8-9,11-12,20H,7,10,13H2,1-2H3. The molecule has 2 nitrogen and oxygen atoms in total. The van der Waals surface area contributed by atoms with E-state index in [1.54, 1.807) is 19.1 Å². The summed E-state index contributed by atoms with van der Waals surface area (Å²) in [6.07, 6.45) is 2.10. The first-order valence-corrected chi connectivity index (χ1v) is 7.14. The van der Waals surface area contributed by atoms with Crippen molar-refractivity contribution in [3.63, 3.8) is 0 Å². The van der Waals surface area contributed by atoms with Gasteiger partial charge in [-0.2, -0.15) is 0 Å². The summed E-state index contributed by atoms with van der Waals surface area (Å²) in [7, 11) is 1.48. The number of hydrogen-bond donors (Lipinski definition) is 1. The lowest BCUT2D eigenvalue weighted by Crippen LogP contribution is -2.24. The highest BCUT2D eigenvalue weighted by Crippen LogP contribution is 2.35. The van der Waals surface area contributed by atoms with Gasteiger partial charge < -0.3 is 9.84 Å². The van der Waals surface area contributed by atoms with Gasteiger partial charge in [-0.1, -0.05) is 36.4 Å². The highest BCUT2D eigenvalue weighted by atomic mass is 19.1. The molecule has 0 aliphatic carbocycles. The number of aryl methyl sites for hydroxylation is 1. The minimum absolute atomic E-state index is 0.237. The third kappa shape index (κ3) is 3.82. The van der Waals surface area contributed by atoms with Crippen molar-refractivity contribution < 1.29 is 14.2 Å². The van der Waals surface area contributed by atoms with Crippen LogP contribution in [-0.4, -0.2) is 12.2 Å². The van der Waals surface area contributed by atoms with Crippen molar-refractivity contribution in [2.45, 2.75) is 31.8 Å². The van der Waals surface area contributed by atoms with Crippen LogP contribution in [0.3, 0.4) is 0 Å². The fourth-order valence-electron chi connectivity index (χ4n) is 2.60. The lowest BCUT2D eigenvalue weighted by atomic mass is 9.88. The predicted molar refractivity (Wildman–Crippen MR) is 81.9 cm³/mol. The number of methoxy groups -OCH3 is 1. The van der Waals surface area contributed by atoms with Crippen molar-refractivity contribution >= 4 is 0 Å². The molecule has 2 rings (SSSR count). The molecule has 2 aromatic rings. The monoisotopic (exact) mass is 288 g/mol. The molecule has 1 unspecified atom stereocenters. The second kappa shape index (κ2) is 6.72. The van der Waals surface area contributed by atoms with Gasteiger partial charge in [0.15, 0.2) is 0 Å². The van der Waals surface area contributed by atoms with E-state index in [0.29, 0.717) is 12.2 Å². The number of benzene rings is 2. The summed E-state index contributed by atoms with van der Waals surface area (Å²) in [5.74, 6) is -0.0428. The Morgan fingerprint density at radius 2 is 1.81 bits per heavy atom. The van der Waals surface area contributed by atoms with Crippen LogP contribution in [0.4, 0.5) is 4.39 Å². The average molecular weight is 288 g/mol. The van der Waals surface area contributed by atoms with Crippen LogP contribution in [0, 0.1) is 5.82 Å². The van der Waals surface area contributed by atoms with Crippen LogP contribution in [0.1, 0.15) is 30.9 Å². The Kier molecular flexibility index (Phi) is 4.97. The molecule has 0 spiro atoms. The first-order valence-electron chi connectivity index (χ1n) is 7.14. The van der Waals surface area contributed by atoms with E-state index in [2.05, 4.69) is 12.1 Å². The van der Waals surface area contributed by atoms with Crippen molar-refractivity contribution in [3.05, 3.63) is 65.5 Å². The van der Waals surface area contributed by atoms with E-state index in [1.807, 2.05) is 18.2 Å². The zero-order valence-electron chi connectivity index (χ0n) is 12.5. The lowest BCUT2D eigenvalue weighted by molar-refractivity contribution is 0.0394. The summed E-state index contributed by atoms with van der Waals surface area (Å²) in [6.45, 7) is 1.64. The van der Waals surface area contributed by atoms with E-state index in [4.69, 9.17) is 4.74 Å². The number of halogens is 1. The van der Waals surface area contributed by atoms with E-state index in [-0.39, 0.29) is 5.56 Å². The molecule has 112 valence electrons. The molecular formula is C18H21FO2. The Balaban J connectivity index is 2.08. The number of ether oxygens (including phenoxy) is 1. The average Bonchev–Trinajstić information content (AvgIpc) is 2.47. The normalized spacial score (nSPS) is 13.7. The van der Waals surface area contributed by atoms with Gasteiger partial charge in [-0.3, -0.25) is 0 Å². The molecule has 0 aromatic heterocycles. The second-order valence-corrected chi connectivity index (χ2v) is 5.43. The van der Waals surface area contributed by atoms with Crippen LogP contribution >= 0.6 is 0 Å². The Hall–Kier alpha value is -1.87. The van der Waals surface area contributed by atoms with Crippen LogP contribution in [0.15, 0.2) is 48.5 Å². The number of hydrogen-bond acceptors (Lipinski definition) is 2. The van der Waals surface area contributed by atoms with Crippen LogP contribution < -0.4 is 4.74 Å². The third-order valence-electron chi connectivity index (χ3n) is 3.71. The Bertz CT molecular complexity index is 579. The summed E-state index contributed by atoms with van der Waals surface area (Å²) in [5.41, 5.74) is 0.209. The van der Waals surface area contributed by atoms with Crippen molar-refractivity contribution in [2.75, 3.05) is 7.11 Å². The first kappa shape index (κ1) is 15.5. The molecule has 1 atom stereocenters. The second-order valence-electron chi connectivity index (χ2n) is 5.43. The van der Waals surface area contributed by atoms with Crippen molar-refractivity contribution in [2.24, 2.45) is 0 Å². The SMILES string of the molecule is COc1cccc(F)c1C(C)(O)CCCc1ccccc1. The summed E-state index contributed by atoms with van der Waals surface area (Å²) >= 11 is 0. The molecule has 1 N–H and O–H groups in total. The van der Waals surface area contributed by atoms with Gasteiger partial charge in [-0.25, -0.2) is 4.39 Å². The highest BCUT2D eigenvalue weighted by molar-refractivity contribution is 5.38. The lowest BCUT2D eigenvalue weighted by Gasteiger charge is -2.26. The molecule has 0 amide bonds. The molecule has 0 saturated carbocycles. The van der Waals surface area contributed by atoms with Gasteiger partial charge in [0, 0.05) is 0 Å². The van der Waals surface area contributed by atoms with Crippen LogP contribution in [0.2, 0.25) is 0 Å².